The number of aryl methyl sites for hydroxylation is 1. The minimum atomic E-state index is -0.838. The van der Waals surface area contributed by atoms with Crippen LogP contribution in [0.3, 0.4) is 0 Å². The molecule has 1 aliphatic heterocycles. The molecule has 0 radical (unpaired) electrons. The van der Waals surface area contributed by atoms with E-state index in [9.17, 15) is 14.7 Å². The van der Waals surface area contributed by atoms with Crippen molar-refractivity contribution in [2.24, 2.45) is 0 Å². The van der Waals surface area contributed by atoms with Gasteiger partial charge in [-0.05, 0) is 66.9 Å². The van der Waals surface area contributed by atoms with Crippen molar-refractivity contribution in [3.63, 3.8) is 0 Å². The zero-order chi connectivity index (χ0) is 24.5. The highest BCUT2D eigenvalue weighted by molar-refractivity contribution is 7.22. The van der Waals surface area contributed by atoms with E-state index in [4.69, 9.17) is 4.74 Å². The van der Waals surface area contributed by atoms with Gasteiger partial charge in [-0.1, -0.05) is 30.4 Å². The van der Waals surface area contributed by atoms with Crippen molar-refractivity contribution in [3.8, 4) is 5.75 Å². The summed E-state index contributed by atoms with van der Waals surface area (Å²) in [7, 11) is 0. The van der Waals surface area contributed by atoms with Gasteiger partial charge in [-0.25, -0.2) is 4.98 Å². The Morgan fingerprint density at radius 2 is 1.89 bits per heavy atom. The van der Waals surface area contributed by atoms with Gasteiger partial charge in [0.1, 0.15) is 11.5 Å². The molecule has 1 fully saturated rings. The van der Waals surface area contributed by atoms with Gasteiger partial charge in [0.2, 0.25) is 0 Å². The van der Waals surface area contributed by atoms with Crippen LogP contribution in [-0.2, 0) is 9.59 Å². The highest BCUT2D eigenvalue weighted by atomic mass is 32.1. The van der Waals surface area contributed by atoms with Gasteiger partial charge in [0.05, 0.1) is 28.4 Å². The number of anilines is 1. The molecule has 8 heteroatoms. The summed E-state index contributed by atoms with van der Waals surface area (Å²) in [6.07, 6.45) is 4.07. The number of para-hydroxylation sites is 1. The number of rotatable bonds is 6. The Kier molecular flexibility index (Phi) is 6.05. The van der Waals surface area contributed by atoms with E-state index in [1.165, 1.54) is 16.2 Å². The third-order valence-corrected chi connectivity index (χ3v) is 6.90. The molecule has 1 aliphatic rings. The number of Topliss-reactive ketones (excluding diaryl/α,β-unsaturated/α-hetero) is 1. The van der Waals surface area contributed by atoms with E-state index in [-0.39, 0.29) is 11.3 Å². The molecular weight excluding hydrogens is 462 g/mol. The second-order valence-electron chi connectivity index (χ2n) is 8.24. The minimum Gasteiger partial charge on any atom is -0.507 e. The molecule has 0 saturated carbocycles. The summed E-state index contributed by atoms with van der Waals surface area (Å²) in [4.78, 5) is 36.7. The molecule has 1 atom stereocenters. The number of aliphatic hydroxyl groups is 1. The first-order valence-corrected chi connectivity index (χ1v) is 12.1. The first-order valence-electron chi connectivity index (χ1n) is 11.3. The first-order chi connectivity index (χ1) is 17.0. The highest BCUT2D eigenvalue weighted by Gasteiger charge is 2.48. The number of hydrogen-bond acceptors (Lipinski definition) is 7. The number of ketones is 1. The number of amides is 1. The summed E-state index contributed by atoms with van der Waals surface area (Å²) in [5.41, 5.74) is 2.67. The maximum Gasteiger partial charge on any atom is 0.301 e. The molecule has 0 spiro atoms. The van der Waals surface area contributed by atoms with Gasteiger partial charge in [-0.2, -0.15) is 0 Å². The van der Waals surface area contributed by atoms with Crippen LogP contribution in [0.25, 0.3) is 16.0 Å². The summed E-state index contributed by atoms with van der Waals surface area (Å²) in [5.74, 6) is -1.01. The third-order valence-electron chi connectivity index (χ3n) is 5.87. The molecule has 2 aromatic carbocycles. The van der Waals surface area contributed by atoms with E-state index in [2.05, 4.69) is 9.97 Å². The monoisotopic (exact) mass is 485 g/mol. The molecule has 1 saturated heterocycles. The molecule has 5 rings (SSSR count). The lowest BCUT2D eigenvalue weighted by atomic mass is 9.95. The lowest BCUT2D eigenvalue weighted by Gasteiger charge is -2.22. The smallest absolute Gasteiger partial charge is 0.301 e. The Hall–Kier alpha value is -4.04. The zero-order valence-corrected chi connectivity index (χ0v) is 20.1. The summed E-state index contributed by atoms with van der Waals surface area (Å²) >= 11 is 1.33. The summed E-state index contributed by atoms with van der Waals surface area (Å²) in [5, 5.41) is 11.7. The Labute approximate surface area is 206 Å². The Morgan fingerprint density at radius 1 is 1.11 bits per heavy atom. The number of fused-ring (bicyclic) bond motifs is 1. The number of hydrogen-bond donors (Lipinski definition) is 1. The fraction of sp³-hybridized carbons (Fsp3) is 0.185. The zero-order valence-electron chi connectivity index (χ0n) is 19.3. The molecule has 0 aliphatic carbocycles. The Morgan fingerprint density at radius 3 is 2.60 bits per heavy atom. The van der Waals surface area contributed by atoms with E-state index in [0.29, 0.717) is 28.6 Å². The molecule has 1 amide bonds. The van der Waals surface area contributed by atoms with Crippen LogP contribution in [0, 0.1) is 6.92 Å². The van der Waals surface area contributed by atoms with Gasteiger partial charge in [0.15, 0.2) is 5.13 Å². The van der Waals surface area contributed by atoms with Crippen LogP contribution in [0.4, 0.5) is 5.13 Å². The number of pyridine rings is 1. The van der Waals surface area contributed by atoms with Gasteiger partial charge in [0, 0.05) is 18.0 Å². The SMILES string of the molecule is CCCOc1ccc(/C(O)=C2\C(=O)C(=O)N(c3nc4ccccc4s3)C2c2ccncc2)cc1C. The molecule has 1 unspecified atom stereocenters. The van der Waals surface area contributed by atoms with Crippen LogP contribution in [0.1, 0.15) is 36.1 Å². The molecule has 35 heavy (non-hydrogen) atoms. The molecule has 3 heterocycles. The van der Waals surface area contributed by atoms with Crippen LogP contribution in [0.5, 0.6) is 5.75 Å². The third kappa shape index (κ3) is 4.06. The number of carbonyl (C=O) groups is 2. The number of nitrogens with zero attached hydrogens (tertiary/aromatic N) is 3. The van der Waals surface area contributed by atoms with E-state index in [1.54, 1.807) is 42.7 Å². The quantitative estimate of drug-likeness (QED) is 0.223. The highest BCUT2D eigenvalue weighted by Crippen LogP contribution is 2.44. The number of thiazole rings is 1. The van der Waals surface area contributed by atoms with Crippen molar-refractivity contribution in [2.45, 2.75) is 26.3 Å². The van der Waals surface area contributed by atoms with Gasteiger partial charge in [0.25, 0.3) is 5.78 Å². The molecular formula is C27H23N3O4S. The lowest BCUT2D eigenvalue weighted by Crippen LogP contribution is -2.29. The van der Waals surface area contributed by atoms with Crippen LogP contribution in [0.15, 0.2) is 72.6 Å². The van der Waals surface area contributed by atoms with Gasteiger partial charge in [-0.15, -0.1) is 0 Å². The van der Waals surface area contributed by atoms with Crippen LogP contribution in [-0.4, -0.2) is 33.4 Å². The van der Waals surface area contributed by atoms with Crippen molar-refractivity contribution in [3.05, 3.63) is 89.3 Å². The standard InChI is InChI=1S/C27H23N3O4S/c1-3-14-34-20-9-8-18(15-16(20)2)24(31)22-23(17-10-12-28-13-11-17)30(26(33)25(22)32)27-29-19-6-4-5-7-21(19)35-27/h4-13,15,23,31H,3,14H2,1-2H3/b24-22+. The Balaban J connectivity index is 1.65. The first kappa shape index (κ1) is 22.7. The van der Waals surface area contributed by atoms with Crippen LogP contribution < -0.4 is 9.64 Å². The van der Waals surface area contributed by atoms with Gasteiger partial charge < -0.3 is 9.84 Å². The predicted molar refractivity (Wildman–Crippen MR) is 136 cm³/mol. The average Bonchev–Trinajstić information content (AvgIpc) is 3.41. The van der Waals surface area contributed by atoms with Crippen LogP contribution in [0.2, 0.25) is 0 Å². The molecule has 0 bridgehead atoms. The molecule has 4 aromatic rings. The second-order valence-corrected chi connectivity index (χ2v) is 9.25. The van der Waals surface area contributed by atoms with Crippen LogP contribution >= 0.6 is 11.3 Å². The van der Waals surface area contributed by atoms with Crippen molar-refractivity contribution >= 4 is 44.1 Å². The van der Waals surface area contributed by atoms with Gasteiger partial charge in [-0.3, -0.25) is 19.5 Å². The van der Waals surface area contributed by atoms with E-state index in [0.717, 1.165) is 22.2 Å². The lowest BCUT2D eigenvalue weighted by molar-refractivity contribution is -0.132. The average molecular weight is 486 g/mol. The topological polar surface area (TPSA) is 92.6 Å². The van der Waals surface area contributed by atoms with Crippen molar-refractivity contribution in [1.82, 2.24) is 9.97 Å². The van der Waals surface area contributed by atoms with Crippen molar-refractivity contribution in [1.29, 1.82) is 0 Å². The largest absolute Gasteiger partial charge is 0.507 e. The Bertz CT molecular complexity index is 1430. The number of ether oxygens (including phenoxy) is 1. The molecule has 7 nitrogen and oxygen atoms in total. The van der Waals surface area contributed by atoms with Crippen molar-refractivity contribution < 1.29 is 19.4 Å². The molecule has 176 valence electrons. The normalized spacial score (nSPS) is 17.3. The number of aliphatic hydroxyl groups excluding tert-OH is 1. The number of aromatic nitrogens is 2. The van der Waals surface area contributed by atoms with Gasteiger partial charge >= 0.3 is 5.91 Å². The fourth-order valence-electron chi connectivity index (χ4n) is 4.18. The van der Waals surface area contributed by atoms with E-state index >= 15 is 0 Å². The molecule has 1 N–H and O–H groups in total. The number of benzene rings is 2. The summed E-state index contributed by atoms with van der Waals surface area (Å²) < 4.78 is 6.64. The predicted octanol–water partition coefficient (Wildman–Crippen LogP) is 5.41. The maximum atomic E-state index is 13.3. The fourth-order valence-corrected chi connectivity index (χ4v) is 5.17. The van der Waals surface area contributed by atoms with Crippen molar-refractivity contribution in [2.75, 3.05) is 11.5 Å². The van der Waals surface area contributed by atoms with E-state index < -0.39 is 17.7 Å². The second kappa shape index (κ2) is 9.31. The summed E-state index contributed by atoms with van der Waals surface area (Å²) in [6.45, 7) is 4.49. The maximum absolute atomic E-state index is 13.3. The number of carbonyl (C=O) groups excluding carboxylic acids is 2. The minimum absolute atomic E-state index is 0.0158. The molecule has 2 aromatic heterocycles. The van der Waals surface area contributed by atoms with E-state index in [1.807, 2.05) is 38.1 Å². The summed E-state index contributed by atoms with van der Waals surface area (Å²) in [6, 6.07) is 15.4.